The number of alkyl carbamates (subject to hydrolysis) is 1. The molecule has 0 atom stereocenters. The molecule has 1 heterocycles. The fourth-order valence-corrected chi connectivity index (χ4v) is 4.29. The van der Waals surface area contributed by atoms with E-state index in [0.29, 0.717) is 29.7 Å². The number of benzene rings is 3. The summed E-state index contributed by atoms with van der Waals surface area (Å²) < 4.78 is 5.50. The summed E-state index contributed by atoms with van der Waals surface area (Å²) >= 11 is 0. The SMILES string of the molecule is O=C(NCCC#Cc1ccc2c(c1)C(=O)NC2=O)OCC1c2ccccc2-c2ccccc21. The van der Waals surface area contributed by atoms with Crippen LogP contribution in [0.4, 0.5) is 4.79 Å². The molecular formula is C27H20N2O4. The number of fused-ring (bicyclic) bond motifs is 4. The second-order valence-corrected chi connectivity index (χ2v) is 7.85. The zero-order valence-electron chi connectivity index (χ0n) is 17.7. The third-order valence-corrected chi connectivity index (χ3v) is 5.83. The smallest absolute Gasteiger partial charge is 0.407 e. The Morgan fingerprint density at radius 1 is 0.879 bits per heavy atom. The molecule has 0 fully saturated rings. The van der Waals surface area contributed by atoms with E-state index < -0.39 is 12.0 Å². The van der Waals surface area contributed by atoms with Gasteiger partial charge in [-0.1, -0.05) is 60.4 Å². The van der Waals surface area contributed by atoms with E-state index in [-0.39, 0.29) is 18.4 Å². The van der Waals surface area contributed by atoms with Gasteiger partial charge in [-0.2, -0.15) is 0 Å². The summed E-state index contributed by atoms with van der Waals surface area (Å²) in [6.45, 7) is 0.606. The summed E-state index contributed by atoms with van der Waals surface area (Å²) in [5.74, 6) is 5.14. The number of imide groups is 1. The molecule has 6 nitrogen and oxygen atoms in total. The average Bonchev–Trinajstić information content (AvgIpc) is 3.31. The molecule has 1 aliphatic carbocycles. The number of carbonyl (C=O) groups is 3. The number of rotatable bonds is 4. The van der Waals surface area contributed by atoms with E-state index in [4.69, 9.17) is 4.74 Å². The van der Waals surface area contributed by atoms with Crippen molar-refractivity contribution in [3.05, 3.63) is 94.5 Å². The van der Waals surface area contributed by atoms with Crippen molar-refractivity contribution in [2.24, 2.45) is 0 Å². The summed E-state index contributed by atoms with van der Waals surface area (Å²) in [7, 11) is 0. The summed E-state index contributed by atoms with van der Waals surface area (Å²) in [4.78, 5) is 35.5. The second-order valence-electron chi connectivity index (χ2n) is 7.85. The van der Waals surface area contributed by atoms with E-state index in [0.717, 1.165) is 0 Å². The number of hydrogen-bond acceptors (Lipinski definition) is 4. The van der Waals surface area contributed by atoms with Crippen LogP contribution in [0, 0.1) is 11.8 Å². The molecule has 0 saturated carbocycles. The number of amides is 3. The molecule has 3 amide bonds. The van der Waals surface area contributed by atoms with Crippen LogP contribution in [-0.2, 0) is 4.74 Å². The van der Waals surface area contributed by atoms with Crippen molar-refractivity contribution in [3.8, 4) is 23.0 Å². The van der Waals surface area contributed by atoms with Gasteiger partial charge in [0.15, 0.2) is 0 Å². The number of hydrogen-bond donors (Lipinski definition) is 2. The van der Waals surface area contributed by atoms with Crippen LogP contribution in [0.25, 0.3) is 11.1 Å². The lowest BCUT2D eigenvalue weighted by atomic mass is 9.98. The Bertz CT molecular complexity index is 1300. The second kappa shape index (κ2) is 8.64. The van der Waals surface area contributed by atoms with Crippen LogP contribution in [0.5, 0.6) is 0 Å². The molecule has 0 bridgehead atoms. The van der Waals surface area contributed by atoms with Crippen LogP contribution >= 0.6 is 0 Å². The fraction of sp³-hybridized carbons (Fsp3) is 0.148. The monoisotopic (exact) mass is 436 g/mol. The predicted octanol–water partition coefficient (Wildman–Crippen LogP) is 3.85. The van der Waals surface area contributed by atoms with E-state index >= 15 is 0 Å². The molecule has 3 aromatic rings. The van der Waals surface area contributed by atoms with Gasteiger partial charge in [0.1, 0.15) is 6.61 Å². The molecule has 2 aliphatic rings. The Morgan fingerprint density at radius 2 is 1.55 bits per heavy atom. The van der Waals surface area contributed by atoms with Crippen molar-refractivity contribution in [2.45, 2.75) is 12.3 Å². The Morgan fingerprint density at radius 3 is 2.27 bits per heavy atom. The van der Waals surface area contributed by atoms with Gasteiger partial charge in [0.25, 0.3) is 11.8 Å². The minimum Gasteiger partial charge on any atom is -0.449 e. The molecule has 0 saturated heterocycles. The largest absolute Gasteiger partial charge is 0.449 e. The van der Waals surface area contributed by atoms with Crippen molar-refractivity contribution in [2.75, 3.05) is 13.2 Å². The van der Waals surface area contributed by atoms with Crippen LogP contribution in [-0.4, -0.2) is 31.1 Å². The highest BCUT2D eigenvalue weighted by Gasteiger charge is 2.29. The van der Waals surface area contributed by atoms with E-state index in [1.807, 2.05) is 24.3 Å². The summed E-state index contributed by atoms with van der Waals surface area (Å²) in [5, 5.41) is 4.98. The molecule has 2 N–H and O–H groups in total. The number of ether oxygens (including phenoxy) is 1. The van der Waals surface area contributed by atoms with Crippen LogP contribution in [0.2, 0.25) is 0 Å². The van der Waals surface area contributed by atoms with E-state index in [1.165, 1.54) is 22.3 Å². The van der Waals surface area contributed by atoms with Crippen LogP contribution < -0.4 is 10.6 Å². The number of carbonyl (C=O) groups excluding carboxylic acids is 3. The van der Waals surface area contributed by atoms with Crippen molar-refractivity contribution < 1.29 is 19.1 Å². The van der Waals surface area contributed by atoms with Crippen molar-refractivity contribution in [1.82, 2.24) is 10.6 Å². The molecule has 1 aliphatic heterocycles. The molecule has 162 valence electrons. The first-order valence-electron chi connectivity index (χ1n) is 10.7. The lowest BCUT2D eigenvalue weighted by Crippen LogP contribution is -2.26. The standard InChI is InChI=1S/C27H20N2O4/c30-25-22-13-12-17(15-23(22)26(31)29-25)7-5-6-14-28-27(32)33-16-24-20-10-3-1-8-18(20)19-9-2-4-11-21(19)24/h1-4,8-13,15,24H,6,14,16H2,(H,28,32)(H,29,30,31). The maximum absolute atomic E-state index is 12.2. The van der Waals surface area contributed by atoms with Gasteiger partial charge in [0.2, 0.25) is 0 Å². The molecular weight excluding hydrogens is 416 g/mol. The van der Waals surface area contributed by atoms with E-state index in [9.17, 15) is 14.4 Å². The molecule has 5 rings (SSSR count). The Kier molecular flexibility index (Phi) is 5.37. The summed E-state index contributed by atoms with van der Waals surface area (Å²) in [5.41, 5.74) is 6.05. The lowest BCUT2D eigenvalue weighted by Gasteiger charge is -2.14. The fourth-order valence-electron chi connectivity index (χ4n) is 4.29. The molecule has 33 heavy (non-hydrogen) atoms. The lowest BCUT2D eigenvalue weighted by molar-refractivity contribution is 0.0879. The van der Waals surface area contributed by atoms with Crippen LogP contribution in [0.1, 0.15) is 49.7 Å². The Hall–Kier alpha value is -4.37. The molecule has 0 unspecified atom stereocenters. The Balaban J connectivity index is 1.13. The summed E-state index contributed by atoms with van der Waals surface area (Å²) in [6, 6.07) is 21.3. The van der Waals surface area contributed by atoms with Gasteiger partial charge in [-0.05, 0) is 40.5 Å². The maximum Gasteiger partial charge on any atom is 0.407 e. The first-order valence-corrected chi connectivity index (χ1v) is 10.7. The molecule has 6 heteroatoms. The van der Waals surface area contributed by atoms with Gasteiger partial charge in [-0.25, -0.2) is 4.79 Å². The number of nitrogens with one attached hydrogen (secondary N) is 2. The Labute approximate surface area is 191 Å². The topological polar surface area (TPSA) is 84.5 Å². The highest BCUT2D eigenvalue weighted by atomic mass is 16.5. The van der Waals surface area contributed by atoms with Gasteiger partial charge in [0.05, 0.1) is 11.1 Å². The quantitative estimate of drug-likeness (QED) is 0.370. The van der Waals surface area contributed by atoms with Crippen molar-refractivity contribution in [3.63, 3.8) is 0 Å². The predicted molar refractivity (Wildman–Crippen MR) is 123 cm³/mol. The van der Waals surface area contributed by atoms with Gasteiger partial charge in [-0.3, -0.25) is 14.9 Å². The minimum absolute atomic E-state index is 0.0202. The average molecular weight is 436 g/mol. The van der Waals surface area contributed by atoms with E-state index in [2.05, 4.69) is 46.7 Å². The van der Waals surface area contributed by atoms with Crippen molar-refractivity contribution >= 4 is 17.9 Å². The van der Waals surface area contributed by atoms with E-state index in [1.54, 1.807) is 18.2 Å². The van der Waals surface area contributed by atoms with Gasteiger partial charge >= 0.3 is 6.09 Å². The van der Waals surface area contributed by atoms with Gasteiger partial charge in [-0.15, -0.1) is 0 Å². The maximum atomic E-state index is 12.2. The highest BCUT2D eigenvalue weighted by molar-refractivity contribution is 6.21. The van der Waals surface area contributed by atoms with Gasteiger partial charge < -0.3 is 10.1 Å². The third kappa shape index (κ3) is 3.97. The van der Waals surface area contributed by atoms with Crippen LogP contribution in [0.15, 0.2) is 66.7 Å². The highest BCUT2D eigenvalue weighted by Crippen LogP contribution is 2.44. The molecule has 0 spiro atoms. The summed E-state index contributed by atoms with van der Waals surface area (Å²) in [6.07, 6.45) is -0.0572. The zero-order valence-corrected chi connectivity index (χ0v) is 17.7. The first kappa shape index (κ1) is 20.5. The molecule has 0 aromatic heterocycles. The van der Waals surface area contributed by atoms with Gasteiger partial charge in [0, 0.05) is 24.4 Å². The minimum atomic E-state index is -0.480. The molecule has 3 aromatic carbocycles. The third-order valence-electron chi connectivity index (χ3n) is 5.83. The zero-order chi connectivity index (χ0) is 22.8. The van der Waals surface area contributed by atoms with Crippen molar-refractivity contribution in [1.29, 1.82) is 0 Å². The normalized spacial score (nSPS) is 13.3. The van der Waals surface area contributed by atoms with Crippen LogP contribution in [0.3, 0.4) is 0 Å². The first-order chi connectivity index (χ1) is 16.1. The molecule has 0 radical (unpaired) electrons.